The van der Waals surface area contributed by atoms with Crippen LogP contribution >= 0.6 is 15.9 Å². The van der Waals surface area contributed by atoms with Crippen LogP contribution < -0.4 is 10.6 Å². The van der Waals surface area contributed by atoms with E-state index in [4.69, 9.17) is 10.5 Å². The average molecular weight is 311 g/mol. The average Bonchev–Trinajstić information content (AvgIpc) is 2.41. The summed E-state index contributed by atoms with van der Waals surface area (Å²) in [5, 5.41) is 0. The highest BCUT2D eigenvalue weighted by molar-refractivity contribution is 9.10. The van der Waals surface area contributed by atoms with Crippen molar-refractivity contribution in [2.24, 2.45) is 0 Å². The van der Waals surface area contributed by atoms with Crippen molar-refractivity contribution in [2.45, 2.75) is 6.42 Å². The minimum absolute atomic E-state index is 0.239. The van der Waals surface area contributed by atoms with Crippen molar-refractivity contribution in [3.8, 4) is 0 Å². The number of carbonyl (C=O) groups excluding carboxylic acids is 1. The second-order valence-electron chi connectivity index (χ2n) is 4.12. The largest absolute Gasteiger partial charge is 0.466 e. The van der Waals surface area contributed by atoms with Gasteiger partial charge in [-0.3, -0.25) is 0 Å². The van der Waals surface area contributed by atoms with E-state index < -0.39 is 0 Å². The smallest absolute Gasteiger partial charge is 0.333 e. The molecule has 0 atom stereocenters. The molecule has 0 bridgehead atoms. The van der Waals surface area contributed by atoms with E-state index in [1.54, 1.807) is 0 Å². The zero-order chi connectivity index (χ0) is 13.1. The van der Waals surface area contributed by atoms with Crippen molar-refractivity contribution in [3.05, 3.63) is 34.3 Å². The Labute approximate surface area is 115 Å². The van der Waals surface area contributed by atoms with Crippen LogP contribution in [0, 0.1) is 0 Å². The van der Waals surface area contributed by atoms with Crippen molar-refractivity contribution < 1.29 is 9.53 Å². The van der Waals surface area contributed by atoms with E-state index in [0.29, 0.717) is 13.0 Å². The number of nitrogens with two attached hydrogens (primary N) is 1. The Morgan fingerprint density at radius 2 is 2.28 bits per heavy atom. The molecule has 1 aromatic rings. The van der Waals surface area contributed by atoms with Crippen LogP contribution in [0.1, 0.15) is 6.42 Å². The van der Waals surface area contributed by atoms with E-state index in [9.17, 15) is 4.79 Å². The molecule has 0 radical (unpaired) electrons. The van der Waals surface area contributed by atoms with Gasteiger partial charge in [0.2, 0.25) is 0 Å². The topological polar surface area (TPSA) is 55.6 Å². The molecule has 1 aliphatic rings. The molecule has 0 aromatic heterocycles. The second-order valence-corrected chi connectivity index (χ2v) is 5.04. The van der Waals surface area contributed by atoms with Gasteiger partial charge in [-0.05, 0) is 24.6 Å². The monoisotopic (exact) mass is 310 g/mol. The fourth-order valence-electron chi connectivity index (χ4n) is 2.00. The molecule has 5 heteroatoms. The number of anilines is 2. The number of ether oxygens (including phenoxy) is 1. The Hall–Kier alpha value is -1.49. The molecule has 2 N–H and O–H groups in total. The van der Waals surface area contributed by atoms with Gasteiger partial charge in [0, 0.05) is 23.1 Å². The SMILES string of the molecule is COC(=O)C1=CCN(c2cc(Br)ccc2N)CC1. The predicted octanol–water partition coefficient (Wildman–Crippen LogP) is 2.34. The summed E-state index contributed by atoms with van der Waals surface area (Å²) in [6.45, 7) is 1.44. The fourth-order valence-corrected chi connectivity index (χ4v) is 2.34. The van der Waals surface area contributed by atoms with Gasteiger partial charge in [0.25, 0.3) is 0 Å². The Kier molecular flexibility index (Phi) is 3.91. The summed E-state index contributed by atoms with van der Waals surface area (Å²) >= 11 is 3.44. The highest BCUT2D eigenvalue weighted by atomic mass is 79.9. The molecular formula is C13H15BrN2O2. The van der Waals surface area contributed by atoms with E-state index >= 15 is 0 Å². The summed E-state index contributed by atoms with van der Waals surface area (Å²) in [5.74, 6) is -0.239. The number of methoxy groups -OCH3 is 1. The van der Waals surface area contributed by atoms with Gasteiger partial charge in [-0.25, -0.2) is 4.79 Å². The molecule has 0 amide bonds. The molecule has 1 aliphatic heterocycles. The third-order valence-corrected chi connectivity index (χ3v) is 3.48. The number of carbonyl (C=O) groups is 1. The molecule has 1 aromatic carbocycles. The van der Waals surface area contributed by atoms with E-state index in [1.807, 2.05) is 24.3 Å². The minimum atomic E-state index is -0.239. The van der Waals surface area contributed by atoms with Gasteiger partial charge in [-0.15, -0.1) is 0 Å². The van der Waals surface area contributed by atoms with Gasteiger partial charge >= 0.3 is 5.97 Å². The van der Waals surface area contributed by atoms with Crippen LogP contribution in [0.2, 0.25) is 0 Å². The summed E-state index contributed by atoms with van der Waals surface area (Å²) in [7, 11) is 1.40. The molecule has 0 spiro atoms. The number of halogens is 1. The van der Waals surface area contributed by atoms with Crippen molar-refractivity contribution in [3.63, 3.8) is 0 Å². The standard InChI is InChI=1S/C13H15BrN2O2/c1-18-13(17)9-4-6-16(7-5-9)12-8-10(14)2-3-11(12)15/h2-4,8H,5-7,15H2,1H3. The summed E-state index contributed by atoms with van der Waals surface area (Å²) in [6, 6.07) is 5.78. The molecule has 0 unspecified atom stereocenters. The third-order valence-electron chi connectivity index (χ3n) is 2.99. The number of esters is 1. The second kappa shape index (κ2) is 5.44. The summed E-state index contributed by atoms with van der Waals surface area (Å²) in [4.78, 5) is 13.5. The van der Waals surface area contributed by atoms with Crippen LogP contribution in [0.4, 0.5) is 11.4 Å². The predicted molar refractivity (Wildman–Crippen MR) is 75.5 cm³/mol. The number of benzene rings is 1. The van der Waals surface area contributed by atoms with E-state index in [2.05, 4.69) is 20.8 Å². The van der Waals surface area contributed by atoms with Crippen molar-refractivity contribution in [2.75, 3.05) is 30.8 Å². The highest BCUT2D eigenvalue weighted by Gasteiger charge is 2.18. The van der Waals surface area contributed by atoms with Crippen LogP contribution in [0.15, 0.2) is 34.3 Å². The van der Waals surface area contributed by atoms with Gasteiger partial charge < -0.3 is 15.4 Å². The third kappa shape index (κ3) is 2.67. The van der Waals surface area contributed by atoms with Gasteiger partial charge in [-0.1, -0.05) is 22.0 Å². The van der Waals surface area contributed by atoms with Crippen molar-refractivity contribution in [1.82, 2.24) is 0 Å². The maximum absolute atomic E-state index is 11.4. The first kappa shape index (κ1) is 13.0. The van der Waals surface area contributed by atoms with E-state index in [0.717, 1.165) is 28.0 Å². The van der Waals surface area contributed by atoms with E-state index in [1.165, 1.54) is 7.11 Å². The van der Waals surface area contributed by atoms with Crippen LogP contribution in [-0.4, -0.2) is 26.2 Å². The fraction of sp³-hybridized carbons (Fsp3) is 0.308. The lowest BCUT2D eigenvalue weighted by molar-refractivity contribution is -0.136. The molecule has 1 heterocycles. The van der Waals surface area contributed by atoms with Crippen LogP contribution in [0.5, 0.6) is 0 Å². The number of nitrogens with zero attached hydrogens (tertiary/aromatic N) is 1. The summed E-state index contributed by atoms with van der Waals surface area (Å²) in [6.07, 6.45) is 2.58. The summed E-state index contributed by atoms with van der Waals surface area (Å²) in [5.41, 5.74) is 8.44. The zero-order valence-corrected chi connectivity index (χ0v) is 11.7. The highest BCUT2D eigenvalue weighted by Crippen LogP contribution is 2.29. The molecule has 18 heavy (non-hydrogen) atoms. The molecule has 0 saturated heterocycles. The van der Waals surface area contributed by atoms with Crippen LogP contribution in [-0.2, 0) is 9.53 Å². The lowest BCUT2D eigenvalue weighted by Crippen LogP contribution is -2.30. The first-order chi connectivity index (χ1) is 8.61. The van der Waals surface area contributed by atoms with Crippen molar-refractivity contribution in [1.29, 1.82) is 0 Å². The molecule has 4 nitrogen and oxygen atoms in total. The van der Waals surface area contributed by atoms with Gasteiger partial charge in [-0.2, -0.15) is 0 Å². The quantitative estimate of drug-likeness (QED) is 0.673. The van der Waals surface area contributed by atoms with E-state index in [-0.39, 0.29) is 5.97 Å². The molecule has 0 aliphatic carbocycles. The molecule has 0 saturated carbocycles. The Morgan fingerprint density at radius 3 is 2.89 bits per heavy atom. The number of rotatable bonds is 2. The Balaban J connectivity index is 2.16. The molecule has 96 valence electrons. The normalized spacial score (nSPS) is 15.2. The van der Waals surface area contributed by atoms with Gasteiger partial charge in [0.1, 0.15) is 0 Å². The minimum Gasteiger partial charge on any atom is -0.466 e. The molecule has 2 rings (SSSR count). The number of hydrogen-bond donors (Lipinski definition) is 1. The Bertz CT molecular complexity index is 500. The van der Waals surface area contributed by atoms with Crippen LogP contribution in [0.25, 0.3) is 0 Å². The lowest BCUT2D eigenvalue weighted by Gasteiger charge is -2.28. The first-order valence-electron chi connectivity index (χ1n) is 5.69. The number of hydrogen-bond acceptors (Lipinski definition) is 4. The lowest BCUT2D eigenvalue weighted by atomic mass is 10.1. The molecular weight excluding hydrogens is 296 g/mol. The maximum atomic E-state index is 11.4. The first-order valence-corrected chi connectivity index (χ1v) is 6.48. The number of nitrogen functional groups attached to an aromatic ring is 1. The molecule has 0 fully saturated rings. The Morgan fingerprint density at radius 1 is 1.50 bits per heavy atom. The van der Waals surface area contributed by atoms with Gasteiger partial charge in [0.05, 0.1) is 18.5 Å². The van der Waals surface area contributed by atoms with Gasteiger partial charge in [0.15, 0.2) is 0 Å². The zero-order valence-electron chi connectivity index (χ0n) is 10.1. The van der Waals surface area contributed by atoms with Crippen LogP contribution in [0.3, 0.4) is 0 Å². The summed E-state index contributed by atoms with van der Waals surface area (Å²) < 4.78 is 5.71. The maximum Gasteiger partial charge on any atom is 0.333 e. The van der Waals surface area contributed by atoms with Crippen molar-refractivity contribution >= 4 is 33.3 Å².